The number of carbonyl (C=O) groups is 1. The molecule has 1 aliphatic rings. The second-order valence-electron chi connectivity index (χ2n) is 8.11. The van der Waals surface area contributed by atoms with Crippen molar-refractivity contribution in [1.29, 1.82) is 0 Å². The van der Waals surface area contributed by atoms with Gasteiger partial charge in [0.15, 0.2) is 0 Å². The predicted molar refractivity (Wildman–Crippen MR) is 118 cm³/mol. The number of aliphatic carboxylic acids is 1. The number of nitrogens with zero attached hydrogens (tertiary/aromatic N) is 2. The molecule has 2 aromatic heterocycles. The van der Waals surface area contributed by atoms with Crippen molar-refractivity contribution >= 4 is 28.2 Å². The standard InChI is InChI=1S/C23H26N2O4S/c1-12(2)18-11-30-22(25-18)17-10-20(29-15-6-5-14(9-15)23(26)27)16-7-8-19(28-4)13(3)21(16)24-17/h7-8,10-12,14-15H,5-6,9H2,1-4H3,(H,26,27)/t14-,15+/m0/s1. The Bertz CT molecular complexity index is 1090. The van der Waals surface area contributed by atoms with E-state index in [0.29, 0.717) is 18.8 Å². The number of methoxy groups -OCH3 is 1. The number of fused-ring (bicyclic) bond motifs is 1. The van der Waals surface area contributed by atoms with Gasteiger partial charge in [-0.05, 0) is 44.2 Å². The first-order chi connectivity index (χ1) is 14.4. The average molecular weight is 427 g/mol. The zero-order chi connectivity index (χ0) is 21.4. The zero-order valence-corrected chi connectivity index (χ0v) is 18.5. The molecule has 1 aromatic carbocycles. The molecule has 6 nitrogen and oxygen atoms in total. The minimum atomic E-state index is -0.744. The van der Waals surface area contributed by atoms with Crippen molar-refractivity contribution in [2.75, 3.05) is 7.11 Å². The average Bonchev–Trinajstić information content (AvgIpc) is 3.38. The molecular formula is C23H26N2O4S. The van der Waals surface area contributed by atoms with Crippen molar-refractivity contribution in [2.45, 2.75) is 52.1 Å². The van der Waals surface area contributed by atoms with Gasteiger partial charge in [0.2, 0.25) is 0 Å². The van der Waals surface area contributed by atoms with Crippen molar-refractivity contribution in [3.63, 3.8) is 0 Å². The van der Waals surface area contributed by atoms with Gasteiger partial charge in [-0.25, -0.2) is 9.97 Å². The van der Waals surface area contributed by atoms with Gasteiger partial charge in [0, 0.05) is 22.4 Å². The molecule has 0 aliphatic heterocycles. The highest BCUT2D eigenvalue weighted by Crippen LogP contribution is 2.38. The summed E-state index contributed by atoms with van der Waals surface area (Å²) < 4.78 is 11.8. The first kappa shape index (κ1) is 20.6. The molecule has 1 saturated carbocycles. The molecule has 0 saturated heterocycles. The Morgan fingerprint density at radius 2 is 2.03 bits per heavy atom. The second-order valence-corrected chi connectivity index (χ2v) is 8.97. The Hall–Kier alpha value is -2.67. The molecule has 1 fully saturated rings. The topological polar surface area (TPSA) is 81.5 Å². The third-order valence-electron chi connectivity index (χ3n) is 5.73. The van der Waals surface area contributed by atoms with Gasteiger partial charge < -0.3 is 14.6 Å². The number of ether oxygens (including phenoxy) is 2. The van der Waals surface area contributed by atoms with Crippen LogP contribution in [-0.2, 0) is 4.79 Å². The summed E-state index contributed by atoms with van der Waals surface area (Å²) in [6, 6.07) is 5.81. The van der Waals surface area contributed by atoms with Gasteiger partial charge >= 0.3 is 5.97 Å². The highest BCUT2D eigenvalue weighted by atomic mass is 32.1. The van der Waals surface area contributed by atoms with Crippen LogP contribution in [0.15, 0.2) is 23.6 Å². The fourth-order valence-electron chi connectivity index (χ4n) is 3.93. The van der Waals surface area contributed by atoms with E-state index < -0.39 is 5.97 Å². The quantitative estimate of drug-likeness (QED) is 0.566. The number of rotatable bonds is 6. The number of benzene rings is 1. The van der Waals surface area contributed by atoms with E-state index in [-0.39, 0.29) is 12.0 Å². The van der Waals surface area contributed by atoms with Crippen molar-refractivity contribution in [3.05, 3.63) is 34.8 Å². The number of thiazole rings is 1. The monoisotopic (exact) mass is 426 g/mol. The molecule has 0 spiro atoms. The minimum Gasteiger partial charge on any atom is -0.496 e. The van der Waals surface area contributed by atoms with Crippen molar-refractivity contribution in [1.82, 2.24) is 9.97 Å². The molecule has 1 aliphatic carbocycles. The van der Waals surface area contributed by atoms with E-state index >= 15 is 0 Å². The SMILES string of the molecule is COc1ccc2c(O[C@@H]3CC[C@H](C(=O)O)C3)cc(-c3nc(C(C)C)cs3)nc2c1C. The maximum atomic E-state index is 11.3. The summed E-state index contributed by atoms with van der Waals surface area (Å²) in [5.74, 6) is 0.757. The maximum absolute atomic E-state index is 11.3. The summed E-state index contributed by atoms with van der Waals surface area (Å²) in [4.78, 5) is 21.0. The summed E-state index contributed by atoms with van der Waals surface area (Å²) in [5, 5.41) is 13.1. The Morgan fingerprint density at radius 3 is 2.67 bits per heavy atom. The lowest BCUT2D eigenvalue weighted by atomic mass is 10.1. The third-order valence-corrected chi connectivity index (χ3v) is 6.61. The number of aryl methyl sites for hydroxylation is 1. The number of pyridine rings is 1. The molecular weight excluding hydrogens is 400 g/mol. The normalized spacial score (nSPS) is 18.8. The molecule has 2 atom stereocenters. The van der Waals surface area contributed by atoms with Crippen LogP contribution in [0.1, 0.15) is 50.3 Å². The maximum Gasteiger partial charge on any atom is 0.306 e. The van der Waals surface area contributed by atoms with Crippen LogP contribution in [0.25, 0.3) is 21.6 Å². The lowest BCUT2D eigenvalue weighted by Gasteiger charge is -2.17. The van der Waals surface area contributed by atoms with Crippen LogP contribution in [0.5, 0.6) is 11.5 Å². The van der Waals surface area contributed by atoms with Gasteiger partial charge in [-0.15, -0.1) is 11.3 Å². The predicted octanol–water partition coefficient (Wildman–Crippen LogP) is 5.43. The van der Waals surface area contributed by atoms with Crippen molar-refractivity contribution in [3.8, 4) is 22.2 Å². The van der Waals surface area contributed by atoms with Gasteiger partial charge in [-0.2, -0.15) is 0 Å². The molecule has 2 heterocycles. The smallest absolute Gasteiger partial charge is 0.306 e. The van der Waals surface area contributed by atoms with Crippen molar-refractivity contribution < 1.29 is 19.4 Å². The molecule has 0 amide bonds. The van der Waals surface area contributed by atoms with E-state index in [0.717, 1.165) is 50.8 Å². The Kier molecular flexibility index (Phi) is 5.64. The molecule has 158 valence electrons. The summed E-state index contributed by atoms with van der Waals surface area (Å²) in [5.41, 5.74) is 3.56. The first-order valence-electron chi connectivity index (χ1n) is 10.2. The van der Waals surface area contributed by atoms with Crippen LogP contribution in [0, 0.1) is 12.8 Å². The van der Waals surface area contributed by atoms with Gasteiger partial charge in [0.05, 0.1) is 30.3 Å². The van der Waals surface area contributed by atoms with Gasteiger partial charge in [0.25, 0.3) is 0 Å². The largest absolute Gasteiger partial charge is 0.496 e. The molecule has 3 aromatic rings. The second kappa shape index (κ2) is 8.22. The van der Waals surface area contributed by atoms with Crippen LogP contribution in [0.2, 0.25) is 0 Å². The van der Waals surface area contributed by atoms with E-state index in [9.17, 15) is 9.90 Å². The molecule has 0 radical (unpaired) electrons. The molecule has 7 heteroatoms. The van der Waals surface area contributed by atoms with Crippen LogP contribution in [0.3, 0.4) is 0 Å². The van der Waals surface area contributed by atoms with Gasteiger partial charge in [-0.1, -0.05) is 13.8 Å². The van der Waals surface area contributed by atoms with E-state index in [1.165, 1.54) is 0 Å². The Morgan fingerprint density at radius 1 is 1.23 bits per heavy atom. The third kappa shape index (κ3) is 3.86. The fourth-order valence-corrected chi connectivity index (χ4v) is 4.87. The zero-order valence-electron chi connectivity index (χ0n) is 17.6. The summed E-state index contributed by atoms with van der Waals surface area (Å²) >= 11 is 1.57. The van der Waals surface area contributed by atoms with Crippen LogP contribution in [-0.4, -0.2) is 34.3 Å². The fraction of sp³-hybridized carbons (Fsp3) is 0.435. The highest BCUT2D eigenvalue weighted by Gasteiger charge is 2.31. The Labute approximate surface area is 179 Å². The number of aromatic nitrogens is 2. The molecule has 30 heavy (non-hydrogen) atoms. The molecule has 4 rings (SSSR count). The summed E-state index contributed by atoms with van der Waals surface area (Å²) in [6.45, 7) is 6.23. The van der Waals surface area contributed by atoms with E-state index in [1.807, 2.05) is 25.1 Å². The Balaban J connectivity index is 1.79. The lowest BCUT2D eigenvalue weighted by molar-refractivity contribution is -0.141. The van der Waals surface area contributed by atoms with E-state index in [1.54, 1.807) is 18.4 Å². The summed E-state index contributed by atoms with van der Waals surface area (Å²) in [6.07, 6.45) is 1.79. The minimum absolute atomic E-state index is 0.116. The highest BCUT2D eigenvalue weighted by molar-refractivity contribution is 7.13. The van der Waals surface area contributed by atoms with Crippen LogP contribution < -0.4 is 9.47 Å². The first-order valence-corrected chi connectivity index (χ1v) is 11.1. The van der Waals surface area contributed by atoms with Crippen LogP contribution in [0.4, 0.5) is 0 Å². The molecule has 0 unspecified atom stereocenters. The molecule has 0 bridgehead atoms. The van der Waals surface area contributed by atoms with E-state index in [4.69, 9.17) is 19.4 Å². The van der Waals surface area contributed by atoms with Gasteiger partial charge in [0.1, 0.15) is 22.2 Å². The number of hydrogen-bond acceptors (Lipinski definition) is 6. The summed E-state index contributed by atoms with van der Waals surface area (Å²) in [7, 11) is 1.65. The number of hydrogen-bond donors (Lipinski definition) is 1. The van der Waals surface area contributed by atoms with Gasteiger partial charge in [-0.3, -0.25) is 4.79 Å². The number of carboxylic acids is 1. The number of carboxylic acid groups (broad SMARTS) is 1. The van der Waals surface area contributed by atoms with Crippen molar-refractivity contribution in [2.24, 2.45) is 5.92 Å². The molecule has 1 N–H and O–H groups in total. The lowest BCUT2D eigenvalue weighted by Crippen LogP contribution is -2.16. The van der Waals surface area contributed by atoms with E-state index in [2.05, 4.69) is 19.2 Å². The van der Waals surface area contributed by atoms with Crippen LogP contribution >= 0.6 is 11.3 Å².